The summed E-state index contributed by atoms with van der Waals surface area (Å²) in [5, 5.41) is 8.66. The van der Waals surface area contributed by atoms with Gasteiger partial charge in [-0.1, -0.05) is 0 Å². The second-order valence-electron chi connectivity index (χ2n) is 2.40. The van der Waals surface area contributed by atoms with Crippen LogP contribution in [0.15, 0.2) is 0 Å². The number of carboxylic acid groups (broad SMARTS) is 1. The van der Waals surface area contributed by atoms with Crippen LogP contribution in [0.5, 0.6) is 0 Å². The summed E-state index contributed by atoms with van der Waals surface area (Å²) in [6, 6.07) is -0.682. The number of nitrogens with two attached hydrogens (primary N) is 1. The highest BCUT2D eigenvalue weighted by atomic mass is 79.9. The normalized spacial score (nSPS) is 13.3. The number of hydrogen-bond donors (Lipinski definition) is 2. The fraction of sp³-hybridized carbons (Fsp3) is 0.833. The van der Waals surface area contributed by atoms with Crippen molar-refractivity contribution in [1.29, 1.82) is 0 Å². The maximum absolute atomic E-state index is 10.5. The summed E-state index contributed by atoms with van der Waals surface area (Å²) in [6.45, 7) is 0.580. The zero-order chi connectivity index (χ0) is 9.56. The molecule has 0 amide bonds. The molecule has 1 atom stereocenters. The third-order valence-corrected chi connectivity index (χ3v) is 2.18. The minimum atomic E-state index is -0.932. The van der Waals surface area contributed by atoms with Crippen molar-refractivity contribution < 1.29 is 9.90 Å². The molecule has 0 unspecified atom stereocenters. The summed E-state index contributed by atoms with van der Waals surface area (Å²) in [5.74, 6) is -0.932. The molecule has 4 nitrogen and oxygen atoms in total. The summed E-state index contributed by atoms with van der Waals surface area (Å²) in [4.78, 5) is 10.5. The van der Waals surface area contributed by atoms with Gasteiger partial charge in [0.15, 0.2) is 0 Å². The van der Waals surface area contributed by atoms with Crippen LogP contribution in [0.2, 0.25) is 0 Å². The number of carbonyl (C=O) groups is 1. The van der Waals surface area contributed by atoms with Crippen molar-refractivity contribution in [1.82, 2.24) is 3.45 Å². The Morgan fingerprint density at radius 3 is 2.58 bits per heavy atom. The van der Waals surface area contributed by atoms with E-state index in [0.29, 0.717) is 13.0 Å². The van der Waals surface area contributed by atoms with Crippen molar-refractivity contribution in [3.8, 4) is 0 Å². The second-order valence-corrected chi connectivity index (χ2v) is 3.93. The van der Waals surface area contributed by atoms with Crippen LogP contribution in [-0.4, -0.2) is 27.1 Å². The summed E-state index contributed by atoms with van der Waals surface area (Å²) < 4.78 is 1.01. The molecule has 0 aromatic heterocycles. The van der Waals surface area contributed by atoms with Gasteiger partial charge in [0, 0.05) is 16.1 Å². The quantitative estimate of drug-likeness (QED) is 0.558. The Hall–Kier alpha value is 0.160. The van der Waals surface area contributed by atoms with E-state index < -0.39 is 12.0 Å². The standard InChI is InChI=1S/C6H12BrClN2O2/c7-10(8)5(6(11)12)3-1-2-4-9/h5H,1-4,9H2,(H,11,12)/t5-/m0/s1. The molecule has 0 spiro atoms. The Morgan fingerprint density at radius 1 is 1.67 bits per heavy atom. The van der Waals surface area contributed by atoms with Gasteiger partial charge in [0.05, 0.1) is 0 Å². The molecule has 0 saturated heterocycles. The lowest BCUT2D eigenvalue weighted by atomic mass is 10.1. The van der Waals surface area contributed by atoms with Gasteiger partial charge in [0.25, 0.3) is 0 Å². The molecule has 0 radical (unpaired) electrons. The first-order valence-electron chi connectivity index (χ1n) is 3.63. The topological polar surface area (TPSA) is 66.6 Å². The van der Waals surface area contributed by atoms with Gasteiger partial charge in [-0.05, 0) is 37.6 Å². The van der Waals surface area contributed by atoms with Gasteiger partial charge in [0.2, 0.25) is 0 Å². The molecule has 0 heterocycles. The zero-order valence-corrected chi connectivity index (χ0v) is 8.88. The van der Waals surface area contributed by atoms with E-state index in [9.17, 15) is 4.79 Å². The molecule has 0 aliphatic carbocycles. The fourth-order valence-corrected chi connectivity index (χ4v) is 1.35. The van der Waals surface area contributed by atoms with E-state index in [0.717, 1.165) is 16.3 Å². The lowest BCUT2D eigenvalue weighted by molar-refractivity contribution is -0.140. The van der Waals surface area contributed by atoms with Crippen LogP contribution in [0.3, 0.4) is 0 Å². The van der Waals surface area contributed by atoms with E-state index in [4.69, 9.17) is 22.6 Å². The Balaban J connectivity index is 3.72. The molecule has 0 aliphatic rings. The number of halogens is 2. The van der Waals surface area contributed by atoms with Crippen molar-refractivity contribution in [2.45, 2.75) is 25.3 Å². The average Bonchev–Trinajstić information content (AvgIpc) is 1.96. The van der Waals surface area contributed by atoms with Gasteiger partial charge in [-0.15, -0.1) is 3.45 Å². The van der Waals surface area contributed by atoms with E-state index in [-0.39, 0.29) is 0 Å². The summed E-state index contributed by atoms with van der Waals surface area (Å²) in [5.41, 5.74) is 5.26. The molecule has 72 valence electrons. The van der Waals surface area contributed by atoms with Crippen molar-refractivity contribution >= 4 is 33.9 Å². The minimum absolute atomic E-state index is 0.501. The Morgan fingerprint density at radius 2 is 2.25 bits per heavy atom. The first-order valence-corrected chi connectivity index (χ1v) is 4.68. The smallest absolute Gasteiger partial charge is 0.323 e. The van der Waals surface area contributed by atoms with E-state index in [1.165, 1.54) is 0 Å². The predicted molar refractivity (Wildman–Crippen MR) is 50.9 cm³/mol. The molecule has 0 aromatic rings. The molecule has 12 heavy (non-hydrogen) atoms. The highest BCUT2D eigenvalue weighted by Gasteiger charge is 2.21. The Labute approximate surface area is 85.1 Å². The average molecular weight is 260 g/mol. The summed E-state index contributed by atoms with van der Waals surface area (Å²) >= 11 is 8.34. The number of carboxylic acids is 1. The first kappa shape index (κ1) is 12.2. The molecule has 3 N–H and O–H groups in total. The van der Waals surface area contributed by atoms with Crippen LogP contribution in [-0.2, 0) is 4.79 Å². The van der Waals surface area contributed by atoms with Gasteiger partial charge in [0.1, 0.15) is 6.04 Å². The molecule has 0 fully saturated rings. The first-order chi connectivity index (χ1) is 5.59. The van der Waals surface area contributed by atoms with Crippen molar-refractivity contribution in [2.24, 2.45) is 5.73 Å². The van der Waals surface area contributed by atoms with Crippen LogP contribution >= 0.6 is 27.9 Å². The van der Waals surface area contributed by atoms with Gasteiger partial charge in [-0.3, -0.25) is 4.79 Å². The molecule has 0 saturated carbocycles. The number of rotatable bonds is 6. The van der Waals surface area contributed by atoms with Crippen LogP contribution < -0.4 is 5.73 Å². The van der Waals surface area contributed by atoms with Gasteiger partial charge >= 0.3 is 5.97 Å². The molecular weight excluding hydrogens is 247 g/mol. The Bertz CT molecular complexity index is 146. The van der Waals surface area contributed by atoms with Gasteiger partial charge in [-0.25, -0.2) is 0 Å². The number of nitrogens with zero attached hydrogens (tertiary/aromatic N) is 1. The van der Waals surface area contributed by atoms with E-state index >= 15 is 0 Å². The van der Waals surface area contributed by atoms with E-state index in [1.54, 1.807) is 0 Å². The third-order valence-electron chi connectivity index (χ3n) is 1.45. The minimum Gasteiger partial charge on any atom is -0.480 e. The molecule has 0 rings (SSSR count). The highest BCUT2D eigenvalue weighted by Crippen LogP contribution is 2.15. The lowest BCUT2D eigenvalue weighted by Gasteiger charge is -2.14. The molecule has 6 heteroatoms. The highest BCUT2D eigenvalue weighted by molar-refractivity contribution is 9.08. The van der Waals surface area contributed by atoms with E-state index in [2.05, 4.69) is 16.1 Å². The summed E-state index contributed by atoms with van der Waals surface area (Å²) in [6.07, 6.45) is 2.09. The van der Waals surface area contributed by atoms with Gasteiger partial charge < -0.3 is 10.8 Å². The Kier molecular flexibility index (Phi) is 6.74. The van der Waals surface area contributed by atoms with Crippen molar-refractivity contribution in [3.63, 3.8) is 0 Å². The largest absolute Gasteiger partial charge is 0.480 e. The van der Waals surface area contributed by atoms with Crippen LogP contribution in [0, 0.1) is 0 Å². The maximum Gasteiger partial charge on any atom is 0.323 e. The van der Waals surface area contributed by atoms with E-state index in [1.807, 2.05) is 0 Å². The molecule has 0 aliphatic heterocycles. The van der Waals surface area contributed by atoms with Crippen molar-refractivity contribution in [3.05, 3.63) is 0 Å². The maximum atomic E-state index is 10.5. The van der Waals surface area contributed by atoms with Crippen molar-refractivity contribution in [2.75, 3.05) is 6.54 Å². The fourth-order valence-electron chi connectivity index (χ4n) is 0.787. The van der Waals surface area contributed by atoms with Gasteiger partial charge in [-0.2, -0.15) is 0 Å². The number of hydrogen-bond acceptors (Lipinski definition) is 3. The monoisotopic (exact) mass is 258 g/mol. The van der Waals surface area contributed by atoms with Crippen LogP contribution in [0.1, 0.15) is 19.3 Å². The van der Waals surface area contributed by atoms with Crippen LogP contribution in [0.4, 0.5) is 0 Å². The number of aliphatic carboxylic acids is 1. The number of unbranched alkanes of at least 4 members (excludes halogenated alkanes) is 1. The molecular formula is C6H12BrClN2O2. The second kappa shape index (κ2) is 6.65. The molecule has 0 bridgehead atoms. The SMILES string of the molecule is NCCCC[C@@H](C(=O)O)N(Cl)Br. The summed E-state index contributed by atoms with van der Waals surface area (Å²) in [7, 11) is 0. The zero-order valence-electron chi connectivity index (χ0n) is 6.54. The molecule has 0 aromatic carbocycles. The van der Waals surface area contributed by atoms with Crippen LogP contribution in [0.25, 0.3) is 0 Å². The third kappa shape index (κ3) is 4.92. The predicted octanol–water partition coefficient (Wildman–Crippen LogP) is 1.33. The lowest BCUT2D eigenvalue weighted by Crippen LogP contribution is -2.28.